The summed E-state index contributed by atoms with van der Waals surface area (Å²) in [7, 11) is 3.77. The number of anilines is 1. The molecule has 6 nitrogen and oxygen atoms in total. The Balaban J connectivity index is 1.45. The molecule has 1 aliphatic heterocycles. The molecule has 2 aromatic rings. The molecule has 3 fully saturated rings. The first-order chi connectivity index (χ1) is 16.3. The Bertz CT molecular complexity index is 1130. The molecule has 0 radical (unpaired) electrons. The maximum Gasteiger partial charge on any atom is 0.573 e. The third kappa shape index (κ3) is 4.19. The summed E-state index contributed by atoms with van der Waals surface area (Å²) >= 11 is 0. The van der Waals surface area contributed by atoms with Gasteiger partial charge in [0.2, 0.25) is 0 Å². The summed E-state index contributed by atoms with van der Waals surface area (Å²) in [5, 5.41) is 0. The number of hydrogen-bond donors (Lipinski definition) is 0. The zero-order valence-corrected chi connectivity index (χ0v) is 19.3. The van der Waals surface area contributed by atoms with Crippen LogP contribution in [0.3, 0.4) is 0 Å². The average molecular weight is 496 g/mol. The lowest BCUT2D eigenvalue weighted by Gasteiger charge is -2.60. The van der Waals surface area contributed by atoms with E-state index in [1.165, 1.54) is 23.1 Å². The number of carbonyl (C=O) groups is 1. The van der Waals surface area contributed by atoms with Gasteiger partial charge in [-0.15, -0.1) is 13.2 Å². The molecule has 0 bridgehead atoms. The summed E-state index contributed by atoms with van der Waals surface area (Å²) in [6.07, 6.45) is -2.31. The number of alkyl halides is 4. The van der Waals surface area contributed by atoms with Gasteiger partial charge in [-0.1, -0.05) is 12.1 Å². The largest absolute Gasteiger partial charge is 0.573 e. The van der Waals surface area contributed by atoms with E-state index in [1.807, 2.05) is 25.1 Å². The van der Waals surface area contributed by atoms with E-state index in [4.69, 9.17) is 0 Å². The van der Waals surface area contributed by atoms with Crippen molar-refractivity contribution in [2.75, 3.05) is 32.1 Å². The Hall–Kier alpha value is -2.95. The van der Waals surface area contributed by atoms with E-state index in [2.05, 4.69) is 9.72 Å². The zero-order valence-electron chi connectivity index (χ0n) is 19.3. The van der Waals surface area contributed by atoms with Crippen LogP contribution >= 0.6 is 0 Å². The van der Waals surface area contributed by atoms with Crippen molar-refractivity contribution < 1.29 is 31.5 Å². The monoisotopic (exact) mass is 496 g/mol. The van der Waals surface area contributed by atoms with Crippen LogP contribution in [0.4, 0.5) is 32.6 Å². The van der Waals surface area contributed by atoms with Crippen molar-refractivity contribution in [1.82, 2.24) is 14.8 Å². The maximum atomic E-state index is 14.9. The van der Waals surface area contributed by atoms with E-state index in [1.54, 1.807) is 11.0 Å². The van der Waals surface area contributed by atoms with Gasteiger partial charge in [0.15, 0.2) is 0 Å². The number of carbonyl (C=O) groups excluding carboxylic acids is 1. The fourth-order valence-electron chi connectivity index (χ4n) is 5.41. The lowest BCUT2D eigenvalue weighted by atomic mass is 9.58. The van der Waals surface area contributed by atoms with Crippen molar-refractivity contribution in [2.24, 2.45) is 0 Å². The molecule has 11 heteroatoms. The second kappa shape index (κ2) is 7.78. The van der Waals surface area contributed by atoms with Crippen molar-refractivity contribution >= 4 is 11.8 Å². The molecule has 1 aromatic heterocycles. The Morgan fingerprint density at radius 3 is 2.40 bits per heavy atom. The van der Waals surface area contributed by atoms with Gasteiger partial charge in [-0.2, -0.15) is 0 Å². The number of urea groups is 1. The van der Waals surface area contributed by atoms with Crippen LogP contribution in [0.1, 0.15) is 31.2 Å². The predicted octanol–water partition coefficient (Wildman–Crippen LogP) is 4.85. The predicted molar refractivity (Wildman–Crippen MR) is 117 cm³/mol. The quantitative estimate of drug-likeness (QED) is 0.537. The van der Waals surface area contributed by atoms with E-state index in [9.17, 15) is 26.7 Å². The van der Waals surface area contributed by atoms with Gasteiger partial charge >= 0.3 is 12.4 Å². The maximum absolute atomic E-state index is 14.9. The van der Waals surface area contributed by atoms with Crippen molar-refractivity contribution in [1.29, 1.82) is 0 Å². The molecule has 2 amide bonds. The third-order valence-corrected chi connectivity index (χ3v) is 7.41. The summed E-state index contributed by atoms with van der Waals surface area (Å²) in [4.78, 5) is 22.4. The molecule has 5 rings (SSSR count). The summed E-state index contributed by atoms with van der Waals surface area (Å²) in [6.45, 7) is 0.129. The highest BCUT2D eigenvalue weighted by atomic mass is 19.4. The van der Waals surface area contributed by atoms with E-state index in [0.29, 0.717) is 25.7 Å². The van der Waals surface area contributed by atoms with E-state index in [-0.39, 0.29) is 24.7 Å². The molecule has 3 aliphatic rings. The first kappa shape index (κ1) is 23.8. The van der Waals surface area contributed by atoms with Gasteiger partial charge < -0.3 is 9.64 Å². The number of rotatable bonds is 6. The smallest absolute Gasteiger partial charge is 0.404 e. The molecule has 2 heterocycles. The molecule has 188 valence electrons. The number of ether oxygens (including phenoxy) is 1. The Labute approximate surface area is 199 Å². The van der Waals surface area contributed by atoms with Crippen LogP contribution in [-0.2, 0) is 5.54 Å². The number of amides is 2. The highest BCUT2D eigenvalue weighted by Gasteiger charge is 2.66. The number of benzene rings is 1. The van der Waals surface area contributed by atoms with Crippen molar-refractivity contribution in [3.63, 3.8) is 0 Å². The van der Waals surface area contributed by atoms with Crippen molar-refractivity contribution in [3.05, 3.63) is 54.0 Å². The van der Waals surface area contributed by atoms with Crippen LogP contribution in [0.5, 0.6) is 5.75 Å². The molecule has 1 saturated heterocycles. The molecule has 2 aliphatic carbocycles. The van der Waals surface area contributed by atoms with Gasteiger partial charge in [0, 0.05) is 0 Å². The first-order valence-electron chi connectivity index (χ1n) is 11.3. The Morgan fingerprint density at radius 2 is 1.86 bits per heavy atom. The van der Waals surface area contributed by atoms with Crippen molar-refractivity contribution in [2.45, 2.75) is 48.8 Å². The average Bonchev–Trinajstić information content (AvgIpc) is 3.41. The standard InChI is InChI=1S/C24H25F5N4O2/c1-31(2)23(16-4-3-5-17(25)10-16)12-22(13-23)15-32(20(34)33(22)14-21(26)8-9-21)19-7-6-18(11-30-19)35-24(27,28)29/h3-7,10-11H,8-9,12-15H2,1-2H3. The summed E-state index contributed by atoms with van der Waals surface area (Å²) in [6, 6.07) is 8.25. The topological polar surface area (TPSA) is 48.9 Å². The van der Waals surface area contributed by atoms with Crippen LogP contribution in [0, 0.1) is 5.82 Å². The Kier molecular flexibility index (Phi) is 5.28. The fraction of sp³-hybridized carbons (Fsp3) is 0.500. The van der Waals surface area contributed by atoms with Gasteiger partial charge in [-0.05, 0) is 69.6 Å². The van der Waals surface area contributed by atoms with Crippen LogP contribution < -0.4 is 9.64 Å². The Morgan fingerprint density at radius 1 is 1.14 bits per heavy atom. The molecule has 1 aromatic carbocycles. The van der Waals surface area contributed by atoms with Gasteiger partial charge in [0.05, 0.1) is 30.4 Å². The van der Waals surface area contributed by atoms with E-state index >= 15 is 0 Å². The van der Waals surface area contributed by atoms with E-state index < -0.39 is 34.9 Å². The van der Waals surface area contributed by atoms with E-state index in [0.717, 1.165) is 17.8 Å². The number of pyridine rings is 1. The zero-order chi connectivity index (χ0) is 25.2. The molecule has 35 heavy (non-hydrogen) atoms. The number of halogens is 5. The van der Waals surface area contributed by atoms with Crippen molar-refractivity contribution in [3.8, 4) is 5.75 Å². The minimum Gasteiger partial charge on any atom is -0.404 e. The summed E-state index contributed by atoms with van der Waals surface area (Å²) in [5.74, 6) is -0.707. The van der Waals surface area contributed by atoms with Crippen LogP contribution in [0.15, 0.2) is 42.6 Å². The van der Waals surface area contributed by atoms with Gasteiger partial charge in [0.1, 0.15) is 23.1 Å². The van der Waals surface area contributed by atoms with Crippen LogP contribution in [-0.4, -0.2) is 65.6 Å². The number of hydrogen-bond acceptors (Lipinski definition) is 4. The molecular weight excluding hydrogens is 471 g/mol. The SMILES string of the molecule is CN(C)C1(c2cccc(F)c2)CC2(CN(c3ccc(OC(F)(F)F)cn3)C(=O)N2CC2(F)CC2)C1. The molecule has 0 unspecified atom stereocenters. The van der Waals surface area contributed by atoms with Crippen LogP contribution in [0.2, 0.25) is 0 Å². The molecule has 1 spiro atoms. The van der Waals surface area contributed by atoms with Gasteiger partial charge in [-0.3, -0.25) is 9.80 Å². The lowest BCUT2D eigenvalue weighted by Crippen LogP contribution is -2.68. The van der Waals surface area contributed by atoms with Gasteiger partial charge in [-0.25, -0.2) is 18.6 Å². The normalized spacial score (nSPS) is 27.5. The minimum atomic E-state index is -4.86. The molecule has 0 N–H and O–H groups in total. The molecule has 0 atom stereocenters. The number of aromatic nitrogens is 1. The molecule has 2 saturated carbocycles. The second-order valence-electron chi connectivity index (χ2n) is 10.0. The second-order valence-corrected chi connectivity index (χ2v) is 10.0. The lowest BCUT2D eigenvalue weighted by molar-refractivity contribution is -0.274. The highest BCUT2D eigenvalue weighted by Crippen LogP contribution is 2.58. The minimum absolute atomic E-state index is 0.0652. The third-order valence-electron chi connectivity index (χ3n) is 7.41. The summed E-state index contributed by atoms with van der Waals surface area (Å²) < 4.78 is 70.3. The fourth-order valence-corrected chi connectivity index (χ4v) is 5.41. The number of nitrogens with zero attached hydrogens (tertiary/aromatic N) is 4. The first-order valence-corrected chi connectivity index (χ1v) is 11.3. The summed E-state index contributed by atoms with van der Waals surface area (Å²) in [5.41, 5.74) is -1.95. The van der Waals surface area contributed by atoms with Gasteiger partial charge in [0.25, 0.3) is 0 Å². The molecular formula is C24H25F5N4O2. The highest BCUT2D eigenvalue weighted by molar-refractivity contribution is 5.95. The van der Waals surface area contributed by atoms with Crippen LogP contribution in [0.25, 0.3) is 0 Å².